The summed E-state index contributed by atoms with van der Waals surface area (Å²) in [6.45, 7) is 18.9. The average Bonchev–Trinajstić information content (AvgIpc) is 3.18. The van der Waals surface area contributed by atoms with Crippen molar-refractivity contribution >= 4 is 50.5 Å². The van der Waals surface area contributed by atoms with Crippen LogP contribution in [0.5, 0.6) is 0 Å². The Morgan fingerprint density at radius 1 is 0.588 bits per heavy atom. The highest BCUT2D eigenvalue weighted by Crippen LogP contribution is 2.30. The monoisotopic (exact) mass is 660 g/mol. The van der Waals surface area contributed by atoms with Crippen LogP contribution in [0.15, 0.2) is 184 Å². The predicted molar refractivity (Wildman–Crippen MR) is 229 cm³/mol. The summed E-state index contributed by atoms with van der Waals surface area (Å²) in [5.74, 6) is 0. The smallest absolute Gasteiger partial charge is 0.00256 e. The van der Waals surface area contributed by atoms with Gasteiger partial charge in [-0.05, 0) is 134 Å². The van der Waals surface area contributed by atoms with E-state index in [0.717, 1.165) is 12.8 Å². The third kappa shape index (κ3) is 9.59. The first-order valence-corrected chi connectivity index (χ1v) is 17.7. The van der Waals surface area contributed by atoms with Crippen molar-refractivity contribution in [1.29, 1.82) is 0 Å². The molecule has 0 nitrogen and oxygen atoms in total. The molecule has 0 N–H and O–H groups in total. The highest BCUT2D eigenvalue weighted by molar-refractivity contribution is 5.99. The van der Waals surface area contributed by atoms with Crippen molar-refractivity contribution < 1.29 is 0 Å². The minimum Gasteiger partial charge on any atom is -0.106 e. The Labute approximate surface area is 305 Å². The maximum Gasteiger partial charge on any atom is -0.00256 e. The summed E-state index contributed by atoms with van der Waals surface area (Å²) < 4.78 is 0. The van der Waals surface area contributed by atoms with E-state index < -0.39 is 0 Å². The number of allylic oxidation sites excluding steroid dienone is 8. The fourth-order valence-corrected chi connectivity index (χ4v) is 6.52. The fourth-order valence-electron chi connectivity index (χ4n) is 6.52. The molecule has 0 heteroatoms. The van der Waals surface area contributed by atoms with Crippen LogP contribution in [-0.4, -0.2) is 0 Å². The summed E-state index contributed by atoms with van der Waals surface area (Å²) in [5, 5.41) is 7.94. The number of benzene rings is 6. The molecule has 2 aliphatic rings. The van der Waals surface area contributed by atoms with Crippen molar-refractivity contribution in [1.82, 2.24) is 0 Å². The molecule has 0 fully saturated rings. The number of rotatable bonds is 5. The lowest BCUT2D eigenvalue weighted by Gasteiger charge is -2.12. The van der Waals surface area contributed by atoms with Crippen LogP contribution in [-0.2, 0) is 12.8 Å². The van der Waals surface area contributed by atoms with Gasteiger partial charge in [0.05, 0.1) is 0 Å². The first-order chi connectivity index (χ1) is 25.0. The van der Waals surface area contributed by atoms with Crippen molar-refractivity contribution in [2.24, 2.45) is 0 Å². The molecule has 0 spiro atoms. The maximum absolute atomic E-state index is 4.02. The first-order valence-electron chi connectivity index (χ1n) is 17.7. The van der Waals surface area contributed by atoms with E-state index >= 15 is 0 Å². The van der Waals surface area contributed by atoms with Crippen LogP contribution >= 0.6 is 0 Å². The molecular weight excluding hydrogens is 613 g/mol. The minimum absolute atomic E-state index is 0.961. The topological polar surface area (TPSA) is 0 Å². The third-order valence-corrected chi connectivity index (χ3v) is 9.08. The molecule has 0 atom stereocenters. The Balaban J connectivity index is 0.000000177. The second-order valence-corrected chi connectivity index (χ2v) is 12.8. The summed E-state index contributed by atoms with van der Waals surface area (Å²) >= 11 is 0. The van der Waals surface area contributed by atoms with Gasteiger partial charge in [0, 0.05) is 0 Å². The zero-order valence-corrected chi connectivity index (χ0v) is 30.0. The highest BCUT2D eigenvalue weighted by atomic mass is 14.1. The second kappa shape index (κ2) is 18.1. The molecule has 0 amide bonds. The number of fused-ring (bicyclic) bond motifs is 4. The van der Waals surface area contributed by atoms with Gasteiger partial charge in [0.1, 0.15) is 0 Å². The van der Waals surface area contributed by atoms with Crippen LogP contribution in [0.2, 0.25) is 0 Å². The molecule has 8 rings (SSSR count). The number of hydrogen-bond donors (Lipinski definition) is 0. The zero-order chi connectivity index (χ0) is 36.0. The molecule has 0 heterocycles. The van der Waals surface area contributed by atoms with E-state index in [0.29, 0.717) is 0 Å². The molecule has 0 bridgehead atoms. The lowest BCUT2D eigenvalue weighted by molar-refractivity contribution is 0.989. The van der Waals surface area contributed by atoms with Gasteiger partial charge < -0.3 is 0 Å². The van der Waals surface area contributed by atoms with E-state index in [-0.39, 0.29) is 0 Å². The van der Waals surface area contributed by atoms with Crippen molar-refractivity contribution in [2.45, 2.75) is 32.6 Å². The van der Waals surface area contributed by atoms with Gasteiger partial charge in [0.15, 0.2) is 0 Å². The van der Waals surface area contributed by atoms with Gasteiger partial charge in [-0.2, -0.15) is 0 Å². The van der Waals surface area contributed by atoms with Crippen molar-refractivity contribution in [3.05, 3.63) is 223 Å². The molecule has 0 saturated heterocycles. The molecule has 0 radical (unpaired) electrons. The van der Waals surface area contributed by atoms with Crippen LogP contribution in [0, 0.1) is 6.92 Å². The van der Waals surface area contributed by atoms with Gasteiger partial charge in [-0.3, -0.25) is 0 Å². The Morgan fingerprint density at radius 2 is 1.27 bits per heavy atom. The summed E-state index contributed by atoms with van der Waals surface area (Å²) in [6, 6.07) is 38.0. The number of hydrogen-bond acceptors (Lipinski definition) is 0. The summed E-state index contributed by atoms with van der Waals surface area (Å²) in [4.78, 5) is 0. The van der Waals surface area contributed by atoms with Gasteiger partial charge in [0.25, 0.3) is 0 Å². The standard InChI is InChI=1S/C26H22.C19H16.C4H6.C2H4/c1-2-23-18-26-17-22(15-20-9-5-3-6-10-20)13-14-24(26)19-25(23)16-21-11-7-4-8-12-21;1-13-6-7-16-11-18-9-14-4-2-3-5-15(14)10-19(18)12-17(16)8-13;1-3-4-2;1-2/h2-11,13-14,16-19H,1,12,15H2;3,5-12H,2,4H2,1H3;3-4H,1-2H2;1-2H2/b21-16-;;;. The fraction of sp³-hybridized carbons (Fsp3) is 0.0980. The van der Waals surface area contributed by atoms with Crippen LogP contribution < -0.4 is 0 Å². The van der Waals surface area contributed by atoms with E-state index in [1.165, 1.54) is 89.7 Å². The van der Waals surface area contributed by atoms with E-state index in [9.17, 15) is 0 Å². The zero-order valence-electron chi connectivity index (χ0n) is 30.0. The first kappa shape index (κ1) is 36.3. The molecule has 6 aromatic rings. The maximum atomic E-state index is 4.02. The molecular formula is C51H48. The Hall–Kier alpha value is -5.98. The quantitative estimate of drug-likeness (QED) is 0.0981. The van der Waals surface area contributed by atoms with Gasteiger partial charge in [-0.15, -0.1) is 13.2 Å². The normalized spacial score (nSPS) is 13.2. The lowest BCUT2D eigenvalue weighted by atomic mass is 9.92. The second-order valence-electron chi connectivity index (χ2n) is 12.8. The van der Waals surface area contributed by atoms with Crippen LogP contribution in [0.1, 0.15) is 51.8 Å². The Morgan fingerprint density at radius 3 is 2.02 bits per heavy atom. The summed E-state index contributed by atoms with van der Waals surface area (Å²) in [6.07, 6.45) is 24.9. The van der Waals surface area contributed by atoms with Gasteiger partial charge in [-0.1, -0.05) is 159 Å². The molecule has 0 aromatic heterocycles. The molecule has 0 saturated carbocycles. The van der Waals surface area contributed by atoms with Gasteiger partial charge in [-0.25, -0.2) is 0 Å². The minimum atomic E-state index is 0.961. The van der Waals surface area contributed by atoms with Crippen molar-refractivity contribution in [3.8, 4) is 0 Å². The van der Waals surface area contributed by atoms with Crippen LogP contribution in [0.25, 0.3) is 50.5 Å². The molecule has 0 aliphatic heterocycles. The predicted octanol–water partition coefficient (Wildman–Crippen LogP) is 14.4. The van der Waals surface area contributed by atoms with Crippen LogP contribution in [0.4, 0.5) is 0 Å². The van der Waals surface area contributed by atoms with Crippen molar-refractivity contribution in [2.75, 3.05) is 0 Å². The van der Waals surface area contributed by atoms with Gasteiger partial charge in [0.2, 0.25) is 0 Å². The third-order valence-electron chi connectivity index (χ3n) is 9.08. The summed E-state index contributed by atoms with van der Waals surface area (Å²) in [7, 11) is 0. The SMILES string of the molecule is C=C.C=CC=C.C=Cc1cc2cc(Cc3ccccc3)ccc2cc1/C=C1/C=CC=CC1.Cc1ccc2cc3cc4c(cc3cc2c1)C=CCC4. The highest BCUT2D eigenvalue weighted by Gasteiger charge is 2.08. The molecule has 2 aliphatic carbocycles. The van der Waals surface area contributed by atoms with E-state index in [4.69, 9.17) is 0 Å². The van der Waals surface area contributed by atoms with Gasteiger partial charge >= 0.3 is 0 Å². The average molecular weight is 661 g/mol. The lowest BCUT2D eigenvalue weighted by Crippen LogP contribution is -1.93. The molecule has 6 aromatic carbocycles. The van der Waals surface area contributed by atoms with E-state index in [2.05, 4.69) is 185 Å². The summed E-state index contributed by atoms with van der Waals surface area (Å²) in [5.41, 5.74) is 10.6. The number of aryl methyl sites for hydroxylation is 2. The Kier molecular flexibility index (Phi) is 12.9. The van der Waals surface area contributed by atoms with E-state index in [1.54, 1.807) is 12.2 Å². The van der Waals surface area contributed by atoms with Crippen molar-refractivity contribution in [3.63, 3.8) is 0 Å². The molecule has 0 unspecified atom stereocenters. The largest absolute Gasteiger partial charge is 0.106 e. The Bertz CT molecular complexity index is 2280. The van der Waals surface area contributed by atoms with E-state index in [1.807, 2.05) is 6.08 Å². The molecule has 51 heavy (non-hydrogen) atoms. The van der Waals surface area contributed by atoms with Crippen LogP contribution in [0.3, 0.4) is 0 Å². The molecule has 252 valence electrons.